The van der Waals surface area contributed by atoms with Crippen LogP contribution < -0.4 is 0 Å². The lowest BCUT2D eigenvalue weighted by atomic mass is 10.2. The number of aromatic nitrogens is 2. The molecule has 2 aromatic heterocycles. The van der Waals surface area contributed by atoms with Crippen LogP contribution in [0.2, 0.25) is 0 Å². The molecule has 3 aromatic rings. The van der Waals surface area contributed by atoms with E-state index in [1.807, 2.05) is 17.5 Å². The second-order valence-electron chi connectivity index (χ2n) is 4.46. The van der Waals surface area contributed by atoms with Gasteiger partial charge in [-0.25, -0.2) is 4.79 Å². The highest BCUT2D eigenvalue weighted by Gasteiger charge is 2.13. The third-order valence-corrected chi connectivity index (χ3v) is 4.42. The quantitative estimate of drug-likeness (QED) is 0.472. The fourth-order valence-corrected chi connectivity index (χ4v) is 2.94. The molecule has 1 aromatic carbocycles. The van der Waals surface area contributed by atoms with Gasteiger partial charge in [0.1, 0.15) is 0 Å². The molecule has 0 spiro atoms. The zero-order valence-corrected chi connectivity index (χ0v) is 13.7. The van der Waals surface area contributed by atoms with Gasteiger partial charge in [0.25, 0.3) is 17.5 Å². The molecule has 3 rings (SSSR count). The van der Waals surface area contributed by atoms with Crippen LogP contribution in [0, 0.1) is 0 Å². The number of nitrogens with zero attached hydrogens (tertiary/aromatic N) is 2. The zero-order chi connectivity index (χ0) is 16.9. The van der Waals surface area contributed by atoms with Crippen molar-refractivity contribution in [3.05, 3.63) is 53.2 Å². The molecule has 0 radical (unpaired) electrons. The number of benzene rings is 1. The maximum Gasteiger partial charge on any atom is 0.338 e. The first-order valence-electron chi connectivity index (χ1n) is 6.70. The van der Waals surface area contributed by atoms with E-state index in [-0.39, 0.29) is 18.1 Å². The van der Waals surface area contributed by atoms with Crippen molar-refractivity contribution < 1.29 is 22.7 Å². The van der Waals surface area contributed by atoms with Crippen LogP contribution in [0.4, 0.5) is 8.78 Å². The summed E-state index contributed by atoms with van der Waals surface area (Å²) in [4.78, 5) is 13.1. The Morgan fingerprint density at radius 2 is 2.04 bits per heavy atom. The summed E-state index contributed by atoms with van der Waals surface area (Å²) in [5, 5.41) is 9.57. The smallest absolute Gasteiger partial charge is 0.338 e. The molecule has 0 aliphatic rings. The number of alkyl halides is 2. The number of halogens is 2. The lowest BCUT2D eigenvalue weighted by Gasteiger charge is -2.03. The van der Waals surface area contributed by atoms with Crippen LogP contribution in [0.5, 0.6) is 0 Å². The summed E-state index contributed by atoms with van der Waals surface area (Å²) in [5.41, 5.74) is 0.256. The molecular formula is C15H10F2N2O3S2. The average Bonchev–Trinajstić information content (AvgIpc) is 3.24. The Morgan fingerprint density at radius 3 is 2.71 bits per heavy atom. The Hall–Kier alpha value is -2.26. The second kappa shape index (κ2) is 7.54. The van der Waals surface area contributed by atoms with E-state index in [4.69, 9.17) is 9.15 Å². The first-order chi connectivity index (χ1) is 11.6. The van der Waals surface area contributed by atoms with Crippen LogP contribution in [0.15, 0.2) is 51.1 Å². The first-order valence-corrected chi connectivity index (χ1v) is 8.46. The molecule has 0 amide bonds. The van der Waals surface area contributed by atoms with Crippen LogP contribution >= 0.6 is 23.1 Å². The third kappa shape index (κ3) is 4.18. The molecule has 9 heteroatoms. The number of thiophene rings is 1. The molecule has 0 fully saturated rings. The van der Waals surface area contributed by atoms with Crippen molar-refractivity contribution in [2.24, 2.45) is 0 Å². The highest BCUT2D eigenvalue weighted by atomic mass is 32.2. The predicted octanol–water partition coefficient (Wildman–Crippen LogP) is 4.47. The molecule has 0 N–H and O–H groups in total. The molecule has 0 atom stereocenters. The van der Waals surface area contributed by atoms with Crippen LogP contribution in [0.1, 0.15) is 16.2 Å². The Morgan fingerprint density at radius 1 is 1.25 bits per heavy atom. The van der Waals surface area contributed by atoms with Crippen molar-refractivity contribution in [1.29, 1.82) is 0 Å². The molecule has 0 aliphatic heterocycles. The minimum Gasteiger partial charge on any atom is -0.452 e. The predicted molar refractivity (Wildman–Crippen MR) is 85.0 cm³/mol. The van der Waals surface area contributed by atoms with Crippen molar-refractivity contribution in [3.63, 3.8) is 0 Å². The number of hydrogen-bond donors (Lipinski definition) is 0. The van der Waals surface area contributed by atoms with E-state index < -0.39 is 11.7 Å². The van der Waals surface area contributed by atoms with E-state index in [0.29, 0.717) is 22.5 Å². The van der Waals surface area contributed by atoms with Gasteiger partial charge in [-0.3, -0.25) is 0 Å². The monoisotopic (exact) mass is 368 g/mol. The molecular weight excluding hydrogens is 358 g/mol. The number of ether oxygens (including phenoxy) is 1. The van der Waals surface area contributed by atoms with Gasteiger partial charge in [0.15, 0.2) is 6.61 Å². The molecule has 0 saturated carbocycles. The molecule has 124 valence electrons. The van der Waals surface area contributed by atoms with Crippen LogP contribution in [0.25, 0.3) is 10.8 Å². The molecule has 2 heterocycles. The maximum atomic E-state index is 12.2. The second-order valence-corrected chi connectivity index (χ2v) is 6.47. The van der Waals surface area contributed by atoms with Crippen LogP contribution in [-0.2, 0) is 11.3 Å². The standard InChI is InChI=1S/C15H10F2N2O3S2/c16-15(17)24-10-5-3-9(4-6-10)14(20)21-8-12-18-19-13(22-12)11-2-1-7-23-11/h1-7,15H,8H2. The minimum absolute atomic E-state index is 0.162. The van der Waals surface area contributed by atoms with E-state index >= 15 is 0 Å². The number of thioether (sulfide) groups is 1. The summed E-state index contributed by atoms with van der Waals surface area (Å²) in [5.74, 6) is -2.56. The number of esters is 1. The van der Waals surface area contributed by atoms with Crippen molar-refractivity contribution in [3.8, 4) is 10.8 Å². The van der Waals surface area contributed by atoms with Gasteiger partial charge >= 0.3 is 5.97 Å². The lowest BCUT2D eigenvalue weighted by molar-refractivity contribution is 0.0438. The SMILES string of the molecule is O=C(OCc1nnc(-c2cccs2)o1)c1ccc(SC(F)F)cc1. The molecule has 0 bridgehead atoms. The summed E-state index contributed by atoms with van der Waals surface area (Å²) in [7, 11) is 0. The fraction of sp³-hybridized carbons (Fsp3) is 0.133. The number of carbonyl (C=O) groups is 1. The number of rotatable bonds is 6. The van der Waals surface area contributed by atoms with Gasteiger partial charge in [0, 0.05) is 4.90 Å². The van der Waals surface area contributed by atoms with Crippen LogP contribution in [-0.4, -0.2) is 21.9 Å². The van der Waals surface area contributed by atoms with Crippen molar-refractivity contribution in [2.45, 2.75) is 17.3 Å². The normalized spacial score (nSPS) is 11.0. The lowest BCUT2D eigenvalue weighted by Crippen LogP contribution is -2.05. The Bertz CT molecular complexity index is 805. The van der Waals surface area contributed by atoms with Gasteiger partial charge in [0.05, 0.1) is 10.4 Å². The summed E-state index contributed by atoms with van der Waals surface area (Å²) in [6, 6.07) is 9.44. The van der Waals surface area contributed by atoms with Gasteiger partial charge in [-0.15, -0.1) is 21.5 Å². The van der Waals surface area contributed by atoms with Gasteiger partial charge < -0.3 is 9.15 Å². The van der Waals surface area contributed by atoms with E-state index in [1.165, 1.54) is 35.6 Å². The molecule has 0 unspecified atom stereocenters. The highest BCUT2D eigenvalue weighted by Crippen LogP contribution is 2.25. The highest BCUT2D eigenvalue weighted by molar-refractivity contribution is 7.99. The maximum absolute atomic E-state index is 12.2. The summed E-state index contributed by atoms with van der Waals surface area (Å²) in [6.07, 6.45) is 0. The number of carbonyl (C=O) groups excluding carboxylic acids is 1. The van der Waals surface area contributed by atoms with Crippen molar-refractivity contribution in [1.82, 2.24) is 10.2 Å². The van der Waals surface area contributed by atoms with E-state index in [1.54, 1.807) is 0 Å². The summed E-state index contributed by atoms with van der Waals surface area (Å²) >= 11 is 1.87. The van der Waals surface area contributed by atoms with Crippen LogP contribution in [0.3, 0.4) is 0 Å². The van der Waals surface area contributed by atoms with Gasteiger partial charge in [0.2, 0.25) is 0 Å². The fourth-order valence-electron chi connectivity index (χ4n) is 1.79. The number of hydrogen-bond acceptors (Lipinski definition) is 7. The van der Waals surface area contributed by atoms with Gasteiger partial charge in [-0.2, -0.15) is 8.78 Å². The molecule has 5 nitrogen and oxygen atoms in total. The Balaban J connectivity index is 1.57. The van der Waals surface area contributed by atoms with E-state index in [0.717, 1.165) is 4.88 Å². The van der Waals surface area contributed by atoms with Gasteiger partial charge in [-0.05, 0) is 35.7 Å². The minimum atomic E-state index is -2.50. The first kappa shape index (κ1) is 16.6. The molecule has 24 heavy (non-hydrogen) atoms. The average molecular weight is 368 g/mol. The molecule has 0 saturated heterocycles. The summed E-state index contributed by atoms with van der Waals surface area (Å²) < 4.78 is 35.0. The molecule has 0 aliphatic carbocycles. The van der Waals surface area contributed by atoms with E-state index in [9.17, 15) is 13.6 Å². The van der Waals surface area contributed by atoms with Crippen molar-refractivity contribution >= 4 is 29.1 Å². The van der Waals surface area contributed by atoms with Crippen molar-refractivity contribution in [2.75, 3.05) is 0 Å². The largest absolute Gasteiger partial charge is 0.452 e. The van der Waals surface area contributed by atoms with Gasteiger partial charge in [-0.1, -0.05) is 17.8 Å². The Kier molecular flexibility index (Phi) is 5.21. The van der Waals surface area contributed by atoms with E-state index in [2.05, 4.69) is 10.2 Å². The zero-order valence-electron chi connectivity index (χ0n) is 12.0. The summed E-state index contributed by atoms with van der Waals surface area (Å²) in [6.45, 7) is -0.162. The topological polar surface area (TPSA) is 65.2 Å². The third-order valence-electron chi connectivity index (χ3n) is 2.84. The Labute approximate surface area is 143 Å².